The van der Waals surface area contributed by atoms with Crippen LogP contribution in [-0.2, 0) is 0 Å². The number of ether oxygens (including phenoxy) is 1. The predicted molar refractivity (Wildman–Crippen MR) is 59.1 cm³/mol. The minimum absolute atomic E-state index is 0.624. The molecule has 0 saturated carbocycles. The number of rotatable bonds is 3. The van der Waals surface area contributed by atoms with Crippen LogP contribution in [0.25, 0.3) is 5.69 Å². The zero-order valence-electron chi connectivity index (χ0n) is 8.55. The lowest BCUT2D eigenvalue weighted by atomic mass is 10.3. The average Bonchev–Trinajstić information content (AvgIpc) is 2.68. The first-order chi connectivity index (χ1) is 7.29. The lowest BCUT2D eigenvalue weighted by Crippen LogP contribution is -1.97. The SMILES string of the molecule is CCOc1ccn(-c2ccc(N)cc2)n1. The molecule has 2 aromatic rings. The second-order valence-electron chi connectivity index (χ2n) is 3.12. The second-order valence-corrected chi connectivity index (χ2v) is 3.12. The first-order valence-corrected chi connectivity index (χ1v) is 4.84. The van der Waals surface area contributed by atoms with Crippen molar-refractivity contribution in [2.24, 2.45) is 0 Å². The molecule has 0 bridgehead atoms. The third-order valence-corrected chi connectivity index (χ3v) is 2.01. The summed E-state index contributed by atoms with van der Waals surface area (Å²) in [4.78, 5) is 0. The average molecular weight is 203 g/mol. The quantitative estimate of drug-likeness (QED) is 0.774. The second kappa shape index (κ2) is 4.04. The Morgan fingerprint density at radius 2 is 2.00 bits per heavy atom. The number of nitrogens with two attached hydrogens (primary N) is 1. The summed E-state index contributed by atoms with van der Waals surface area (Å²) in [6.07, 6.45) is 1.86. The van der Waals surface area contributed by atoms with Crippen LogP contribution >= 0.6 is 0 Å². The highest BCUT2D eigenvalue weighted by Crippen LogP contribution is 2.13. The van der Waals surface area contributed by atoms with Crippen molar-refractivity contribution >= 4 is 5.69 Å². The maximum absolute atomic E-state index is 5.60. The standard InChI is InChI=1S/C11H13N3O/c1-2-15-11-7-8-14(13-11)10-5-3-9(12)4-6-10/h3-8H,2,12H2,1H3. The van der Waals surface area contributed by atoms with Gasteiger partial charge in [0.2, 0.25) is 5.88 Å². The van der Waals surface area contributed by atoms with E-state index in [0.717, 1.165) is 11.4 Å². The summed E-state index contributed by atoms with van der Waals surface area (Å²) in [5, 5.41) is 4.25. The van der Waals surface area contributed by atoms with Gasteiger partial charge in [0, 0.05) is 18.0 Å². The van der Waals surface area contributed by atoms with E-state index in [4.69, 9.17) is 10.5 Å². The van der Waals surface area contributed by atoms with Crippen LogP contribution in [-0.4, -0.2) is 16.4 Å². The molecule has 78 valence electrons. The molecule has 1 aromatic heterocycles. The van der Waals surface area contributed by atoms with E-state index in [-0.39, 0.29) is 0 Å². The third-order valence-electron chi connectivity index (χ3n) is 2.01. The van der Waals surface area contributed by atoms with Crippen molar-refractivity contribution in [3.05, 3.63) is 36.5 Å². The Hall–Kier alpha value is -1.97. The van der Waals surface area contributed by atoms with Gasteiger partial charge in [-0.25, -0.2) is 4.68 Å². The monoisotopic (exact) mass is 203 g/mol. The number of aromatic nitrogens is 2. The fourth-order valence-electron chi connectivity index (χ4n) is 1.30. The molecule has 0 aliphatic heterocycles. The Kier molecular flexibility index (Phi) is 2.58. The topological polar surface area (TPSA) is 53.1 Å². The summed E-state index contributed by atoms with van der Waals surface area (Å²) < 4.78 is 7.03. The highest BCUT2D eigenvalue weighted by atomic mass is 16.5. The number of hydrogen-bond donors (Lipinski definition) is 1. The van der Waals surface area contributed by atoms with E-state index in [1.807, 2.05) is 43.5 Å². The summed E-state index contributed by atoms with van der Waals surface area (Å²) in [7, 11) is 0. The molecule has 0 atom stereocenters. The van der Waals surface area contributed by atoms with Gasteiger partial charge in [0.25, 0.3) is 0 Å². The summed E-state index contributed by atoms with van der Waals surface area (Å²) in [6.45, 7) is 2.56. The Morgan fingerprint density at radius 1 is 1.27 bits per heavy atom. The van der Waals surface area contributed by atoms with Crippen molar-refractivity contribution in [1.29, 1.82) is 0 Å². The molecule has 1 aromatic carbocycles. The van der Waals surface area contributed by atoms with Gasteiger partial charge >= 0.3 is 0 Å². The summed E-state index contributed by atoms with van der Waals surface area (Å²) in [5.74, 6) is 0.634. The Balaban J connectivity index is 2.25. The molecule has 0 saturated heterocycles. The van der Waals surface area contributed by atoms with Crippen LogP contribution in [0.5, 0.6) is 5.88 Å². The van der Waals surface area contributed by atoms with Crippen LogP contribution in [0.1, 0.15) is 6.92 Å². The fourth-order valence-corrected chi connectivity index (χ4v) is 1.30. The summed E-state index contributed by atoms with van der Waals surface area (Å²) >= 11 is 0. The van der Waals surface area contributed by atoms with Gasteiger partial charge in [-0.1, -0.05) is 0 Å². The number of benzene rings is 1. The van der Waals surface area contributed by atoms with E-state index in [0.29, 0.717) is 12.5 Å². The van der Waals surface area contributed by atoms with Crippen molar-refractivity contribution in [3.63, 3.8) is 0 Å². The molecule has 1 heterocycles. The number of nitrogen functional groups attached to an aromatic ring is 1. The first-order valence-electron chi connectivity index (χ1n) is 4.84. The molecule has 0 radical (unpaired) electrons. The van der Waals surface area contributed by atoms with Gasteiger partial charge in [0.05, 0.1) is 12.3 Å². The minimum atomic E-state index is 0.624. The van der Waals surface area contributed by atoms with E-state index in [2.05, 4.69) is 5.10 Å². The van der Waals surface area contributed by atoms with Crippen molar-refractivity contribution in [2.45, 2.75) is 6.92 Å². The van der Waals surface area contributed by atoms with Gasteiger partial charge in [-0.15, -0.1) is 5.10 Å². The maximum Gasteiger partial charge on any atom is 0.233 e. The molecule has 15 heavy (non-hydrogen) atoms. The van der Waals surface area contributed by atoms with E-state index in [1.54, 1.807) is 4.68 Å². The highest BCUT2D eigenvalue weighted by molar-refractivity contribution is 5.44. The Morgan fingerprint density at radius 3 is 2.67 bits per heavy atom. The van der Waals surface area contributed by atoms with Crippen LogP contribution in [0.15, 0.2) is 36.5 Å². The van der Waals surface area contributed by atoms with Crippen molar-refractivity contribution in [3.8, 4) is 11.6 Å². The number of hydrogen-bond acceptors (Lipinski definition) is 3. The van der Waals surface area contributed by atoms with E-state index < -0.39 is 0 Å². The van der Waals surface area contributed by atoms with Gasteiger partial charge in [0.15, 0.2) is 0 Å². The number of anilines is 1. The molecular formula is C11H13N3O. The smallest absolute Gasteiger partial charge is 0.233 e. The van der Waals surface area contributed by atoms with Gasteiger partial charge in [-0.3, -0.25) is 0 Å². The molecule has 0 aliphatic carbocycles. The molecule has 4 nitrogen and oxygen atoms in total. The van der Waals surface area contributed by atoms with Crippen molar-refractivity contribution in [2.75, 3.05) is 12.3 Å². The van der Waals surface area contributed by atoms with Gasteiger partial charge in [0.1, 0.15) is 0 Å². The molecule has 0 spiro atoms. The van der Waals surface area contributed by atoms with Gasteiger partial charge < -0.3 is 10.5 Å². The van der Waals surface area contributed by atoms with E-state index >= 15 is 0 Å². The predicted octanol–water partition coefficient (Wildman–Crippen LogP) is 1.85. The third kappa shape index (κ3) is 2.10. The molecule has 2 rings (SSSR count). The molecule has 0 aliphatic rings. The molecule has 0 fully saturated rings. The van der Waals surface area contributed by atoms with Crippen LogP contribution in [0.3, 0.4) is 0 Å². The maximum atomic E-state index is 5.60. The lowest BCUT2D eigenvalue weighted by Gasteiger charge is -2.01. The zero-order chi connectivity index (χ0) is 10.7. The van der Waals surface area contributed by atoms with Crippen LogP contribution in [0.2, 0.25) is 0 Å². The van der Waals surface area contributed by atoms with Crippen LogP contribution in [0.4, 0.5) is 5.69 Å². The largest absolute Gasteiger partial charge is 0.477 e. The van der Waals surface area contributed by atoms with Crippen LogP contribution in [0, 0.1) is 0 Å². The molecule has 0 amide bonds. The lowest BCUT2D eigenvalue weighted by molar-refractivity contribution is 0.324. The number of nitrogens with zero attached hydrogens (tertiary/aromatic N) is 2. The van der Waals surface area contributed by atoms with Crippen LogP contribution < -0.4 is 10.5 Å². The van der Waals surface area contributed by atoms with Gasteiger partial charge in [-0.2, -0.15) is 0 Å². The molecular weight excluding hydrogens is 190 g/mol. The van der Waals surface area contributed by atoms with Gasteiger partial charge in [-0.05, 0) is 31.2 Å². The normalized spacial score (nSPS) is 10.2. The first kappa shape index (κ1) is 9.58. The van der Waals surface area contributed by atoms with Crippen molar-refractivity contribution < 1.29 is 4.74 Å². The Labute approximate surface area is 88.3 Å². The summed E-state index contributed by atoms with van der Waals surface area (Å²) in [5.41, 5.74) is 7.32. The zero-order valence-corrected chi connectivity index (χ0v) is 8.55. The van der Waals surface area contributed by atoms with E-state index in [9.17, 15) is 0 Å². The fraction of sp³-hybridized carbons (Fsp3) is 0.182. The van der Waals surface area contributed by atoms with E-state index in [1.165, 1.54) is 0 Å². The molecule has 2 N–H and O–H groups in total. The molecule has 0 unspecified atom stereocenters. The minimum Gasteiger partial charge on any atom is -0.477 e. The molecule has 4 heteroatoms. The van der Waals surface area contributed by atoms with Crippen molar-refractivity contribution in [1.82, 2.24) is 9.78 Å². The Bertz CT molecular complexity index is 433. The highest BCUT2D eigenvalue weighted by Gasteiger charge is 2.00. The summed E-state index contributed by atoms with van der Waals surface area (Å²) in [6, 6.07) is 9.35.